The molecule has 1 amide bonds. The van der Waals surface area contributed by atoms with E-state index in [4.69, 9.17) is 18.3 Å². The largest absolute Gasteiger partial charge is 0.486 e. The number of anilines is 1. The standard InChI is InChI=1S/C19H14FN6O7P/c20-14-7-12(25-17(28)30-18(9-27)19(25)32-34(29,31-18)33-19)4-5-13(14)10-1-6-15(21-8-10)16-22-24-26(23-16)11-2-3-11/h1,4-8,11,27H,2-3,9H2/t18-,19?,34?/m1/s1. The molecule has 5 aliphatic rings. The van der Waals surface area contributed by atoms with Crippen LogP contribution in [-0.2, 0) is 22.9 Å². The number of aromatic nitrogens is 5. The van der Waals surface area contributed by atoms with E-state index < -0.39 is 38.0 Å². The van der Waals surface area contributed by atoms with E-state index in [2.05, 4.69) is 20.4 Å². The number of pyridine rings is 1. The van der Waals surface area contributed by atoms with Crippen molar-refractivity contribution < 1.29 is 37.2 Å². The Morgan fingerprint density at radius 2 is 2.03 bits per heavy atom. The Hall–Kier alpha value is -3.29. The van der Waals surface area contributed by atoms with Crippen LogP contribution in [-0.4, -0.2) is 54.7 Å². The van der Waals surface area contributed by atoms with Crippen molar-refractivity contribution in [2.45, 2.75) is 30.6 Å². The molecule has 15 heteroatoms. The van der Waals surface area contributed by atoms with Crippen molar-refractivity contribution in [2.75, 3.05) is 11.5 Å². The number of halogens is 1. The fraction of sp³-hybridized carbons (Fsp3) is 0.316. The fourth-order valence-corrected chi connectivity index (χ4v) is 5.86. The van der Waals surface area contributed by atoms with Gasteiger partial charge in [-0.05, 0) is 42.3 Å². The van der Waals surface area contributed by atoms with Gasteiger partial charge in [0.2, 0.25) is 5.82 Å². The van der Waals surface area contributed by atoms with Gasteiger partial charge in [-0.1, -0.05) is 6.07 Å². The smallest absolute Gasteiger partial charge is 0.405 e. The van der Waals surface area contributed by atoms with E-state index in [0.717, 1.165) is 23.8 Å². The Kier molecular flexibility index (Phi) is 3.80. The molecule has 0 unspecified atom stereocenters. The molecule has 6 heterocycles. The number of aliphatic hydroxyl groups is 1. The predicted molar refractivity (Wildman–Crippen MR) is 107 cm³/mol. The van der Waals surface area contributed by atoms with Gasteiger partial charge >= 0.3 is 25.6 Å². The normalized spacial score (nSPS) is 31.4. The van der Waals surface area contributed by atoms with Crippen molar-refractivity contribution >= 4 is 19.6 Å². The lowest BCUT2D eigenvalue weighted by Crippen LogP contribution is -2.61. The third kappa shape index (κ3) is 2.56. The molecule has 1 saturated carbocycles. The number of tetrazole rings is 1. The first kappa shape index (κ1) is 20.1. The minimum absolute atomic E-state index is 0.0104. The van der Waals surface area contributed by atoms with Crippen LogP contribution in [0.4, 0.5) is 14.9 Å². The van der Waals surface area contributed by atoms with E-state index in [0.29, 0.717) is 23.1 Å². The molecule has 2 aromatic heterocycles. The van der Waals surface area contributed by atoms with Crippen LogP contribution in [0.1, 0.15) is 18.9 Å². The van der Waals surface area contributed by atoms with Crippen LogP contribution in [0.3, 0.4) is 0 Å². The Morgan fingerprint density at radius 1 is 1.21 bits per heavy atom. The van der Waals surface area contributed by atoms with E-state index in [1.165, 1.54) is 18.3 Å². The van der Waals surface area contributed by atoms with Crippen molar-refractivity contribution in [3.63, 3.8) is 0 Å². The average Bonchev–Trinajstić information content (AvgIpc) is 3.31. The molecular formula is C19H14FN6O7P. The maximum atomic E-state index is 15.1. The number of carbonyl (C=O) groups excluding carboxylic acids is 1. The molecule has 1 atom stereocenters. The van der Waals surface area contributed by atoms with Crippen LogP contribution in [0.15, 0.2) is 36.5 Å². The summed E-state index contributed by atoms with van der Waals surface area (Å²) in [5, 5.41) is 22.0. The summed E-state index contributed by atoms with van der Waals surface area (Å²) in [6.07, 6.45) is 2.51. The Bertz CT molecular complexity index is 1400. The van der Waals surface area contributed by atoms with Gasteiger partial charge < -0.3 is 9.84 Å². The highest BCUT2D eigenvalue weighted by molar-refractivity contribution is 7.50. The first-order valence-corrected chi connectivity index (χ1v) is 11.7. The first-order chi connectivity index (χ1) is 16.4. The summed E-state index contributed by atoms with van der Waals surface area (Å²) in [6.45, 7) is -0.874. The van der Waals surface area contributed by atoms with Crippen LogP contribution in [0, 0.1) is 5.82 Å². The second-order valence-corrected chi connectivity index (χ2v) is 9.62. The van der Waals surface area contributed by atoms with Crippen molar-refractivity contribution in [1.82, 2.24) is 25.2 Å². The Morgan fingerprint density at radius 3 is 2.71 bits per heavy atom. The Balaban J connectivity index is 1.18. The molecule has 4 saturated heterocycles. The van der Waals surface area contributed by atoms with Crippen LogP contribution >= 0.6 is 7.82 Å². The summed E-state index contributed by atoms with van der Waals surface area (Å²) in [6, 6.07) is 7.53. The molecule has 5 fully saturated rings. The molecule has 2 bridgehead atoms. The molecule has 8 rings (SSSR count). The molecule has 34 heavy (non-hydrogen) atoms. The molecule has 3 aromatic rings. The summed E-state index contributed by atoms with van der Waals surface area (Å²) < 4.78 is 47.7. The van der Waals surface area contributed by atoms with Gasteiger partial charge in [-0.15, -0.1) is 10.2 Å². The van der Waals surface area contributed by atoms with Crippen molar-refractivity contribution in [1.29, 1.82) is 0 Å². The van der Waals surface area contributed by atoms with Crippen molar-refractivity contribution in [3.8, 4) is 22.6 Å². The SMILES string of the molecule is O=C1O[C@]2(CO)OP3(=O)OC2(O3)N1c1ccc(-c2ccc(-c3nnn(C4CC4)n3)nc2)c(F)c1. The maximum Gasteiger partial charge on any atom is 0.486 e. The maximum absolute atomic E-state index is 15.1. The fourth-order valence-electron chi connectivity index (χ4n) is 4.15. The molecule has 4 aliphatic heterocycles. The van der Waals surface area contributed by atoms with Crippen LogP contribution < -0.4 is 4.90 Å². The molecular weight excluding hydrogens is 474 g/mol. The van der Waals surface area contributed by atoms with Crippen molar-refractivity contribution in [3.05, 3.63) is 42.3 Å². The highest BCUT2D eigenvalue weighted by Gasteiger charge is 2.89. The lowest BCUT2D eigenvalue weighted by atomic mass is 10.1. The third-order valence-electron chi connectivity index (χ3n) is 5.97. The highest BCUT2D eigenvalue weighted by Crippen LogP contribution is 2.80. The van der Waals surface area contributed by atoms with Crippen LogP contribution in [0.2, 0.25) is 0 Å². The number of amides is 1. The third-order valence-corrected chi connectivity index (χ3v) is 7.43. The van der Waals surface area contributed by atoms with Crippen LogP contribution in [0.5, 0.6) is 0 Å². The first-order valence-electron chi connectivity index (χ1n) is 10.3. The van der Waals surface area contributed by atoms with Gasteiger partial charge in [0.1, 0.15) is 18.1 Å². The molecule has 1 aromatic carbocycles. The van der Waals surface area contributed by atoms with Gasteiger partial charge in [-0.3, -0.25) is 4.98 Å². The van der Waals surface area contributed by atoms with Gasteiger partial charge in [0, 0.05) is 17.3 Å². The predicted octanol–water partition coefficient (Wildman–Crippen LogP) is 2.36. The topological polar surface area (TPSA) is 151 Å². The van der Waals surface area contributed by atoms with Gasteiger partial charge in [0.25, 0.3) is 0 Å². The van der Waals surface area contributed by atoms with Gasteiger partial charge in [-0.25, -0.2) is 32.2 Å². The summed E-state index contributed by atoms with van der Waals surface area (Å²) in [4.78, 5) is 19.2. The lowest BCUT2D eigenvalue weighted by Gasteiger charge is -2.38. The van der Waals surface area contributed by atoms with E-state index >= 15 is 4.39 Å². The molecule has 1 aliphatic carbocycles. The van der Waals surface area contributed by atoms with E-state index in [-0.39, 0.29) is 11.3 Å². The number of rotatable bonds is 5. The summed E-state index contributed by atoms with van der Waals surface area (Å²) >= 11 is 0. The molecule has 1 N–H and O–H groups in total. The number of aliphatic hydroxyl groups excluding tert-OH is 1. The summed E-state index contributed by atoms with van der Waals surface area (Å²) in [5.41, 5.74) is 1.17. The van der Waals surface area contributed by atoms with E-state index in [1.807, 2.05) is 0 Å². The quantitative estimate of drug-likeness (QED) is 0.527. The number of nitrogens with zero attached hydrogens (tertiary/aromatic N) is 6. The number of benzene rings is 1. The average molecular weight is 488 g/mol. The Labute approximate surface area is 189 Å². The van der Waals surface area contributed by atoms with E-state index in [9.17, 15) is 14.5 Å². The monoisotopic (exact) mass is 488 g/mol. The van der Waals surface area contributed by atoms with E-state index in [1.54, 1.807) is 16.9 Å². The zero-order valence-electron chi connectivity index (χ0n) is 17.1. The minimum Gasteiger partial charge on any atom is -0.405 e. The van der Waals surface area contributed by atoms with Crippen molar-refractivity contribution in [2.24, 2.45) is 0 Å². The molecule has 13 nitrogen and oxygen atoms in total. The minimum atomic E-state index is -3.95. The van der Waals surface area contributed by atoms with Gasteiger partial charge in [0.15, 0.2) is 0 Å². The number of ether oxygens (including phenoxy) is 1. The number of phosphoric ester groups is 1. The number of phosphoric acid groups is 1. The van der Waals surface area contributed by atoms with Crippen LogP contribution in [0.25, 0.3) is 22.6 Å². The number of carbonyl (C=O) groups is 1. The summed E-state index contributed by atoms with van der Waals surface area (Å²) in [5.74, 6) is -4.53. The summed E-state index contributed by atoms with van der Waals surface area (Å²) in [7, 11) is -3.95. The number of hydrogen-bond donors (Lipinski definition) is 1. The highest BCUT2D eigenvalue weighted by atomic mass is 31.2. The zero-order chi connectivity index (χ0) is 23.3. The lowest BCUT2D eigenvalue weighted by molar-refractivity contribution is -0.259. The van der Waals surface area contributed by atoms with Gasteiger partial charge in [-0.2, -0.15) is 4.80 Å². The second-order valence-electron chi connectivity index (χ2n) is 8.18. The second kappa shape index (κ2) is 6.43. The molecule has 0 radical (unpaired) electrons. The molecule has 1 spiro atoms. The number of hydrogen-bond acceptors (Lipinski definition) is 11. The molecule has 174 valence electrons. The van der Waals surface area contributed by atoms with Gasteiger partial charge in [0.05, 0.1) is 11.7 Å². The zero-order valence-corrected chi connectivity index (χ0v) is 18.0.